The van der Waals surface area contributed by atoms with Crippen molar-refractivity contribution in [3.8, 4) is 17.3 Å². The fourth-order valence-corrected chi connectivity index (χ4v) is 1.35. The zero-order chi connectivity index (χ0) is 9.97. The molecule has 2 aromatic heterocycles. The number of aryl methyl sites for hydroxylation is 1. The maximum Gasteiger partial charge on any atom is 0.101 e. The zero-order valence-corrected chi connectivity index (χ0v) is 7.78. The summed E-state index contributed by atoms with van der Waals surface area (Å²) in [6, 6.07) is 7.80. The lowest BCUT2D eigenvalue weighted by Crippen LogP contribution is -1.78. The molecule has 0 aromatic carbocycles. The summed E-state index contributed by atoms with van der Waals surface area (Å²) < 4.78 is 0. The van der Waals surface area contributed by atoms with E-state index < -0.39 is 0 Å². The lowest BCUT2D eigenvalue weighted by molar-refractivity contribution is 1.24. The first-order valence-electron chi connectivity index (χ1n) is 4.31. The van der Waals surface area contributed by atoms with Crippen LogP contribution in [0.25, 0.3) is 11.3 Å². The van der Waals surface area contributed by atoms with Gasteiger partial charge in [-0.05, 0) is 25.1 Å². The number of nitrogens with zero attached hydrogens (tertiary/aromatic N) is 2. The maximum absolute atomic E-state index is 8.79. The van der Waals surface area contributed by atoms with Crippen LogP contribution in [0.2, 0.25) is 0 Å². The maximum atomic E-state index is 8.79. The molecule has 0 aliphatic heterocycles. The van der Waals surface area contributed by atoms with Crippen LogP contribution in [0.15, 0.2) is 30.6 Å². The second-order valence-corrected chi connectivity index (χ2v) is 3.08. The van der Waals surface area contributed by atoms with Crippen molar-refractivity contribution < 1.29 is 0 Å². The summed E-state index contributed by atoms with van der Waals surface area (Å²) in [5, 5.41) is 8.79. The highest BCUT2D eigenvalue weighted by Gasteiger charge is 2.04. The largest absolute Gasteiger partial charge is 0.357 e. The minimum Gasteiger partial charge on any atom is -0.357 e. The van der Waals surface area contributed by atoms with Crippen molar-refractivity contribution in [2.75, 3.05) is 0 Å². The Morgan fingerprint density at radius 1 is 1.50 bits per heavy atom. The van der Waals surface area contributed by atoms with Crippen molar-refractivity contribution in [3.05, 3.63) is 41.9 Å². The number of H-pyrrole nitrogens is 1. The highest BCUT2D eigenvalue weighted by molar-refractivity contribution is 5.61. The van der Waals surface area contributed by atoms with Gasteiger partial charge >= 0.3 is 0 Å². The van der Waals surface area contributed by atoms with Gasteiger partial charge in [-0.2, -0.15) is 5.26 Å². The van der Waals surface area contributed by atoms with Crippen LogP contribution in [-0.4, -0.2) is 9.97 Å². The van der Waals surface area contributed by atoms with Crippen molar-refractivity contribution in [1.29, 1.82) is 5.26 Å². The van der Waals surface area contributed by atoms with Gasteiger partial charge in [0.15, 0.2) is 0 Å². The summed E-state index contributed by atoms with van der Waals surface area (Å²) in [5.74, 6) is 0. The Kier molecular flexibility index (Phi) is 2.04. The number of hydrogen-bond acceptors (Lipinski definition) is 2. The molecule has 3 heteroatoms. The van der Waals surface area contributed by atoms with Crippen LogP contribution in [0.4, 0.5) is 0 Å². The van der Waals surface area contributed by atoms with Crippen LogP contribution < -0.4 is 0 Å². The Balaban J connectivity index is 2.50. The van der Waals surface area contributed by atoms with Gasteiger partial charge in [0.1, 0.15) is 6.07 Å². The fourth-order valence-electron chi connectivity index (χ4n) is 1.35. The number of aromatic nitrogens is 2. The van der Waals surface area contributed by atoms with E-state index >= 15 is 0 Å². The van der Waals surface area contributed by atoms with Gasteiger partial charge in [-0.3, -0.25) is 4.98 Å². The quantitative estimate of drug-likeness (QED) is 0.737. The third-order valence-corrected chi connectivity index (χ3v) is 2.11. The van der Waals surface area contributed by atoms with Crippen molar-refractivity contribution in [2.24, 2.45) is 0 Å². The van der Waals surface area contributed by atoms with Crippen molar-refractivity contribution in [3.63, 3.8) is 0 Å². The molecule has 0 aliphatic carbocycles. The van der Waals surface area contributed by atoms with E-state index in [1.165, 1.54) is 0 Å². The number of aromatic amines is 1. The van der Waals surface area contributed by atoms with Crippen LogP contribution in [0.1, 0.15) is 11.3 Å². The van der Waals surface area contributed by atoms with Crippen LogP contribution in [0, 0.1) is 18.3 Å². The SMILES string of the molecule is Cc1[nH]c(-c2cccnc2)cc1C#N. The molecule has 0 aliphatic rings. The van der Waals surface area contributed by atoms with E-state index in [0.29, 0.717) is 5.56 Å². The van der Waals surface area contributed by atoms with E-state index in [1.807, 2.05) is 25.1 Å². The first-order valence-corrected chi connectivity index (χ1v) is 4.31. The number of pyridine rings is 1. The highest BCUT2D eigenvalue weighted by Crippen LogP contribution is 2.19. The standard InChI is InChI=1S/C11H9N3/c1-8-10(6-12)5-11(14-8)9-3-2-4-13-7-9/h2-5,7,14H,1H3. The topological polar surface area (TPSA) is 52.5 Å². The summed E-state index contributed by atoms with van der Waals surface area (Å²) in [6.45, 7) is 1.89. The molecule has 3 nitrogen and oxygen atoms in total. The van der Waals surface area contributed by atoms with E-state index in [0.717, 1.165) is 17.0 Å². The number of nitrogens with one attached hydrogen (secondary N) is 1. The minimum atomic E-state index is 0.684. The van der Waals surface area contributed by atoms with Crippen LogP contribution in [-0.2, 0) is 0 Å². The lowest BCUT2D eigenvalue weighted by atomic mass is 10.2. The molecule has 0 unspecified atom stereocenters. The first kappa shape index (κ1) is 8.52. The summed E-state index contributed by atoms with van der Waals surface area (Å²) in [4.78, 5) is 7.17. The van der Waals surface area contributed by atoms with Crippen molar-refractivity contribution >= 4 is 0 Å². The molecular weight excluding hydrogens is 174 g/mol. The Labute approximate surface area is 82.0 Å². The smallest absolute Gasteiger partial charge is 0.101 e. The van der Waals surface area contributed by atoms with Gasteiger partial charge in [-0.1, -0.05) is 0 Å². The van der Waals surface area contributed by atoms with E-state index in [4.69, 9.17) is 5.26 Å². The molecule has 0 radical (unpaired) electrons. The van der Waals surface area contributed by atoms with Gasteiger partial charge in [-0.25, -0.2) is 0 Å². The van der Waals surface area contributed by atoms with E-state index in [9.17, 15) is 0 Å². The number of rotatable bonds is 1. The second-order valence-electron chi connectivity index (χ2n) is 3.08. The molecule has 0 saturated heterocycles. The first-order chi connectivity index (χ1) is 6.81. The minimum absolute atomic E-state index is 0.684. The van der Waals surface area contributed by atoms with Gasteiger partial charge in [0.25, 0.3) is 0 Å². The molecule has 1 N–H and O–H groups in total. The third kappa shape index (κ3) is 1.38. The monoisotopic (exact) mass is 183 g/mol. The van der Waals surface area contributed by atoms with Crippen LogP contribution in [0.3, 0.4) is 0 Å². The van der Waals surface area contributed by atoms with E-state index in [2.05, 4.69) is 16.0 Å². The summed E-state index contributed by atoms with van der Waals surface area (Å²) in [6.07, 6.45) is 3.50. The van der Waals surface area contributed by atoms with Crippen molar-refractivity contribution in [2.45, 2.75) is 6.92 Å². The van der Waals surface area contributed by atoms with E-state index in [-0.39, 0.29) is 0 Å². The fraction of sp³-hybridized carbons (Fsp3) is 0.0909. The van der Waals surface area contributed by atoms with Gasteiger partial charge < -0.3 is 4.98 Å². The van der Waals surface area contributed by atoms with Crippen LogP contribution >= 0.6 is 0 Å². The van der Waals surface area contributed by atoms with Crippen LogP contribution in [0.5, 0.6) is 0 Å². The second kappa shape index (κ2) is 3.35. The molecule has 2 heterocycles. The predicted octanol–water partition coefficient (Wildman–Crippen LogP) is 2.26. The lowest BCUT2D eigenvalue weighted by Gasteiger charge is -1.94. The molecule has 0 saturated carbocycles. The van der Waals surface area contributed by atoms with Gasteiger partial charge in [0.05, 0.1) is 5.56 Å². The molecule has 68 valence electrons. The Hall–Kier alpha value is -2.08. The molecule has 14 heavy (non-hydrogen) atoms. The normalized spacial score (nSPS) is 9.71. The Morgan fingerprint density at radius 2 is 2.36 bits per heavy atom. The average Bonchev–Trinajstić information content (AvgIpc) is 2.61. The highest BCUT2D eigenvalue weighted by atomic mass is 14.7. The number of nitriles is 1. The third-order valence-electron chi connectivity index (χ3n) is 2.11. The Bertz CT molecular complexity index is 477. The van der Waals surface area contributed by atoms with Gasteiger partial charge in [0, 0.05) is 29.3 Å². The molecule has 0 bridgehead atoms. The summed E-state index contributed by atoms with van der Waals surface area (Å²) in [7, 11) is 0. The molecule has 0 atom stereocenters. The van der Waals surface area contributed by atoms with Gasteiger partial charge in [0.2, 0.25) is 0 Å². The number of hydrogen-bond donors (Lipinski definition) is 1. The molecule has 0 amide bonds. The summed E-state index contributed by atoms with van der Waals surface area (Å²) in [5.41, 5.74) is 3.51. The summed E-state index contributed by atoms with van der Waals surface area (Å²) >= 11 is 0. The van der Waals surface area contributed by atoms with Gasteiger partial charge in [-0.15, -0.1) is 0 Å². The molecule has 2 aromatic rings. The van der Waals surface area contributed by atoms with Crippen molar-refractivity contribution in [1.82, 2.24) is 9.97 Å². The predicted molar refractivity (Wildman–Crippen MR) is 53.5 cm³/mol. The Morgan fingerprint density at radius 3 is 2.93 bits per heavy atom. The molecular formula is C11H9N3. The molecule has 0 fully saturated rings. The molecule has 2 rings (SSSR count). The molecule has 0 spiro atoms. The van der Waals surface area contributed by atoms with E-state index in [1.54, 1.807) is 12.4 Å². The zero-order valence-electron chi connectivity index (χ0n) is 7.78. The average molecular weight is 183 g/mol.